The zero-order valence-corrected chi connectivity index (χ0v) is 6.37. The van der Waals surface area contributed by atoms with Gasteiger partial charge < -0.3 is 10.5 Å². The minimum Gasteiger partial charge on any atom is -0.464 e. The number of carbonyl (C=O) groups excluding carboxylic acids is 1. The Morgan fingerprint density at radius 3 is 3.00 bits per heavy atom. The third-order valence-electron chi connectivity index (χ3n) is 1.32. The van der Waals surface area contributed by atoms with Crippen LogP contribution in [0, 0.1) is 5.82 Å². The van der Waals surface area contributed by atoms with Crippen LogP contribution in [0.4, 0.5) is 10.1 Å². The molecule has 0 aliphatic heterocycles. The average Bonchev–Trinajstić information content (AvgIpc) is 2.08. The van der Waals surface area contributed by atoms with E-state index in [-0.39, 0.29) is 11.4 Å². The molecule has 0 aliphatic carbocycles. The smallest absolute Gasteiger partial charge is 0.358 e. The molecule has 0 amide bonds. The molecule has 0 spiro atoms. The van der Waals surface area contributed by atoms with Crippen molar-refractivity contribution < 1.29 is 13.9 Å². The van der Waals surface area contributed by atoms with Crippen molar-refractivity contribution in [1.82, 2.24) is 4.98 Å². The van der Waals surface area contributed by atoms with Crippen LogP contribution < -0.4 is 5.73 Å². The van der Waals surface area contributed by atoms with Gasteiger partial charge in [0.25, 0.3) is 0 Å². The maximum Gasteiger partial charge on any atom is 0.358 e. The van der Waals surface area contributed by atoms with Gasteiger partial charge in [-0.05, 0) is 6.07 Å². The molecule has 0 fully saturated rings. The van der Waals surface area contributed by atoms with E-state index in [9.17, 15) is 9.18 Å². The summed E-state index contributed by atoms with van der Waals surface area (Å²) in [6.07, 6.45) is 1.15. The molecule has 0 bridgehead atoms. The molecule has 64 valence electrons. The Bertz CT molecular complexity index is 314. The van der Waals surface area contributed by atoms with E-state index in [4.69, 9.17) is 5.73 Å². The number of nitrogen functional groups attached to an aromatic ring is 1. The summed E-state index contributed by atoms with van der Waals surface area (Å²) in [7, 11) is 1.17. The lowest BCUT2D eigenvalue weighted by Crippen LogP contribution is -2.09. The number of esters is 1. The van der Waals surface area contributed by atoms with Crippen LogP contribution in [0.25, 0.3) is 0 Å². The van der Waals surface area contributed by atoms with E-state index in [1.165, 1.54) is 7.11 Å². The third kappa shape index (κ3) is 1.34. The summed E-state index contributed by atoms with van der Waals surface area (Å²) in [5.74, 6) is -1.42. The number of carbonyl (C=O) groups is 1. The van der Waals surface area contributed by atoms with Gasteiger partial charge in [0.1, 0.15) is 11.5 Å². The molecule has 0 saturated carbocycles. The van der Waals surface area contributed by atoms with Gasteiger partial charge in [0.05, 0.1) is 7.11 Å². The highest BCUT2D eigenvalue weighted by Gasteiger charge is 2.13. The van der Waals surface area contributed by atoms with Crippen LogP contribution in [0.3, 0.4) is 0 Å². The minimum absolute atomic E-state index is 0.197. The molecule has 0 radical (unpaired) electrons. The number of hydrogen-bond donors (Lipinski definition) is 1. The van der Waals surface area contributed by atoms with Gasteiger partial charge in [-0.15, -0.1) is 0 Å². The number of hydrogen-bond acceptors (Lipinski definition) is 4. The first-order valence-corrected chi connectivity index (χ1v) is 3.15. The molecule has 4 nitrogen and oxygen atoms in total. The highest BCUT2D eigenvalue weighted by atomic mass is 19.1. The fraction of sp³-hybridized carbons (Fsp3) is 0.143. The van der Waals surface area contributed by atoms with Crippen molar-refractivity contribution in [3.63, 3.8) is 0 Å². The van der Waals surface area contributed by atoms with Gasteiger partial charge in [-0.25, -0.2) is 14.2 Å². The van der Waals surface area contributed by atoms with Crippen LogP contribution in [0.5, 0.6) is 0 Å². The van der Waals surface area contributed by atoms with Crippen LogP contribution in [0.15, 0.2) is 12.3 Å². The second-order valence-corrected chi connectivity index (χ2v) is 2.05. The van der Waals surface area contributed by atoms with E-state index in [1.54, 1.807) is 0 Å². The lowest BCUT2D eigenvalue weighted by Gasteiger charge is -2.01. The molecule has 0 aromatic carbocycles. The number of rotatable bonds is 1. The molecule has 12 heavy (non-hydrogen) atoms. The molecule has 1 heterocycles. The maximum atomic E-state index is 12.7. The molecule has 0 aliphatic rings. The van der Waals surface area contributed by atoms with E-state index in [2.05, 4.69) is 9.72 Å². The molecular weight excluding hydrogens is 163 g/mol. The number of halogens is 1. The molecule has 0 unspecified atom stereocenters. The van der Waals surface area contributed by atoms with Crippen LogP contribution in [0.1, 0.15) is 10.5 Å². The quantitative estimate of drug-likeness (QED) is 0.626. The fourth-order valence-corrected chi connectivity index (χ4v) is 0.709. The Kier molecular flexibility index (Phi) is 2.23. The second-order valence-electron chi connectivity index (χ2n) is 2.05. The first kappa shape index (κ1) is 8.45. The van der Waals surface area contributed by atoms with Crippen molar-refractivity contribution in [2.24, 2.45) is 0 Å². The van der Waals surface area contributed by atoms with E-state index in [0.29, 0.717) is 0 Å². The van der Waals surface area contributed by atoms with Gasteiger partial charge in [-0.3, -0.25) is 0 Å². The number of anilines is 1. The Hall–Kier alpha value is -1.65. The summed E-state index contributed by atoms with van der Waals surface area (Å²) in [5.41, 5.74) is 4.74. The molecular formula is C7H7FN2O2. The Labute approximate surface area is 68.2 Å². The molecule has 1 rings (SSSR count). The van der Waals surface area contributed by atoms with Crippen LogP contribution >= 0.6 is 0 Å². The number of nitrogens with two attached hydrogens (primary N) is 1. The Morgan fingerprint density at radius 1 is 1.75 bits per heavy atom. The zero-order valence-electron chi connectivity index (χ0n) is 6.37. The summed E-state index contributed by atoms with van der Waals surface area (Å²) in [6.45, 7) is 0. The van der Waals surface area contributed by atoms with Gasteiger partial charge in [-0.1, -0.05) is 0 Å². The summed E-state index contributed by atoms with van der Waals surface area (Å²) in [5, 5.41) is 0. The number of aromatic nitrogens is 1. The summed E-state index contributed by atoms with van der Waals surface area (Å²) >= 11 is 0. The predicted octanol–water partition coefficient (Wildman–Crippen LogP) is 0.590. The molecule has 0 saturated heterocycles. The number of ether oxygens (including phenoxy) is 1. The largest absolute Gasteiger partial charge is 0.464 e. The van der Waals surface area contributed by atoms with Gasteiger partial charge in [0.2, 0.25) is 0 Å². The maximum absolute atomic E-state index is 12.7. The number of pyridine rings is 1. The average molecular weight is 170 g/mol. The first-order chi connectivity index (χ1) is 5.66. The van der Waals surface area contributed by atoms with Crippen molar-refractivity contribution in [2.75, 3.05) is 12.8 Å². The molecule has 1 aromatic rings. The van der Waals surface area contributed by atoms with Gasteiger partial charge in [-0.2, -0.15) is 0 Å². The van der Waals surface area contributed by atoms with Crippen molar-refractivity contribution in [3.05, 3.63) is 23.8 Å². The highest BCUT2D eigenvalue weighted by Crippen LogP contribution is 2.13. The lowest BCUT2D eigenvalue weighted by molar-refractivity contribution is 0.0595. The van der Waals surface area contributed by atoms with E-state index >= 15 is 0 Å². The van der Waals surface area contributed by atoms with E-state index < -0.39 is 11.8 Å². The lowest BCUT2D eigenvalue weighted by atomic mass is 10.3. The topological polar surface area (TPSA) is 65.2 Å². The standard InChI is InChI=1S/C7H7FN2O2/c1-12-7(11)6-5(9)4(8)2-3-10-6/h2-3H,9H2,1H3. The predicted molar refractivity (Wildman–Crippen MR) is 39.9 cm³/mol. The summed E-state index contributed by atoms with van der Waals surface area (Å²) < 4.78 is 17.0. The Balaban J connectivity index is 3.16. The zero-order chi connectivity index (χ0) is 9.14. The number of methoxy groups -OCH3 is 1. The first-order valence-electron chi connectivity index (χ1n) is 3.15. The fourth-order valence-electron chi connectivity index (χ4n) is 0.709. The van der Waals surface area contributed by atoms with Crippen molar-refractivity contribution in [1.29, 1.82) is 0 Å². The van der Waals surface area contributed by atoms with Gasteiger partial charge in [0.15, 0.2) is 5.69 Å². The number of nitrogens with zero attached hydrogens (tertiary/aromatic N) is 1. The third-order valence-corrected chi connectivity index (χ3v) is 1.32. The SMILES string of the molecule is COC(=O)c1nccc(F)c1N. The second kappa shape index (κ2) is 3.17. The van der Waals surface area contributed by atoms with E-state index in [1.807, 2.05) is 0 Å². The van der Waals surface area contributed by atoms with Crippen LogP contribution in [-0.2, 0) is 4.74 Å². The van der Waals surface area contributed by atoms with E-state index in [0.717, 1.165) is 12.3 Å². The monoisotopic (exact) mass is 170 g/mol. The van der Waals surface area contributed by atoms with Crippen molar-refractivity contribution in [2.45, 2.75) is 0 Å². The highest BCUT2D eigenvalue weighted by molar-refractivity contribution is 5.92. The van der Waals surface area contributed by atoms with Crippen LogP contribution in [0.2, 0.25) is 0 Å². The van der Waals surface area contributed by atoms with Crippen molar-refractivity contribution in [3.8, 4) is 0 Å². The van der Waals surface area contributed by atoms with Gasteiger partial charge in [0, 0.05) is 6.20 Å². The summed E-state index contributed by atoms with van der Waals surface area (Å²) in [6, 6.07) is 1.07. The molecule has 0 atom stereocenters. The van der Waals surface area contributed by atoms with Gasteiger partial charge >= 0.3 is 5.97 Å². The molecule has 1 aromatic heterocycles. The normalized spacial score (nSPS) is 9.50. The summed E-state index contributed by atoms with van der Waals surface area (Å²) in [4.78, 5) is 14.4. The van der Waals surface area contributed by atoms with Crippen molar-refractivity contribution >= 4 is 11.7 Å². The Morgan fingerprint density at radius 2 is 2.42 bits per heavy atom. The minimum atomic E-state index is -0.744. The van der Waals surface area contributed by atoms with Crippen LogP contribution in [-0.4, -0.2) is 18.1 Å². The molecule has 5 heteroatoms. The molecule has 2 N–H and O–H groups in total.